The van der Waals surface area contributed by atoms with E-state index in [2.05, 4.69) is 0 Å². The minimum atomic E-state index is -0.435. The van der Waals surface area contributed by atoms with Crippen LogP contribution in [0, 0.1) is 10.1 Å². The van der Waals surface area contributed by atoms with E-state index >= 15 is 0 Å². The van der Waals surface area contributed by atoms with Crippen LogP contribution in [0.25, 0.3) is 11.1 Å². The zero-order chi connectivity index (χ0) is 13.1. The average Bonchev–Trinajstić information content (AvgIpc) is 2.39. The molecule has 0 aromatic heterocycles. The van der Waals surface area contributed by atoms with Crippen LogP contribution in [0.2, 0.25) is 0 Å². The second kappa shape index (κ2) is 4.79. The monoisotopic (exact) mass is 241 g/mol. The highest BCUT2D eigenvalue weighted by atomic mass is 16.6. The predicted octanol–water partition coefficient (Wildman–Crippen LogP) is 3.46. The first-order chi connectivity index (χ1) is 8.58. The Labute approximate surface area is 104 Å². The molecule has 4 heteroatoms. The van der Waals surface area contributed by atoms with E-state index < -0.39 is 4.92 Å². The zero-order valence-corrected chi connectivity index (χ0v) is 9.79. The number of carbonyl (C=O) groups is 1. The summed E-state index contributed by atoms with van der Waals surface area (Å²) in [4.78, 5) is 21.4. The molecule has 4 nitrogen and oxygen atoms in total. The van der Waals surface area contributed by atoms with Crippen LogP contribution >= 0.6 is 0 Å². The summed E-state index contributed by atoms with van der Waals surface area (Å²) in [5.41, 5.74) is 2.41. The molecule has 0 saturated carbocycles. The van der Waals surface area contributed by atoms with Gasteiger partial charge in [0.1, 0.15) is 0 Å². The van der Waals surface area contributed by atoms with E-state index in [0.717, 1.165) is 11.1 Å². The van der Waals surface area contributed by atoms with Gasteiger partial charge in [0.15, 0.2) is 5.78 Å². The number of rotatable bonds is 3. The standard InChI is InChI=1S/C14H11NO3/c1-10(16)12-3-2-4-13(9-12)11-5-7-14(8-6-11)15(17)18/h2-9H,1H3. The molecule has 0 bridgehead atoms. The van der Waals surface area contributed by atoms with Gasteiger partial charge in [0.05, 0.1) is 4.92 Å². The average molecular weight is 241 g/mol. The van der Waals surface area contributed by atoms with Gasteiger partial charge >= 0.3 is 0 Å². The SMILES string of the molecule is CC(=O)c1cccc(-c2ccc([N+](=O)[O-])cc2)c1. The molecule has 2 aromatic rings. The van der Waals surface area contributed by atoms with Gasteiger partial charge < -0.3 is 0 Å². The number of ketones is 1. The van der Waals surface area contributed by atoms with Crippen LogP contribution in [0.15, 0.2) is 48.5 Å². The fourth-order valence-corrected chi connectivity index (χ4v) is 1.69. The largest absolute Gasteiger partial charge is 0.295 e. The maximum absolute atomic E-state index is 11.3. The first kappa shape index (κ1) is 12.0. The van der Waals surface area contributed by atoms with Crippen molar-refractivity contribution < 1.29 is 9.72 Å². The number of hydrogen-bond donors (Lipinski definition) is 0. The van der Waals surface area contributed by atoms with Crippen molar-refractivity contribution in [1.82, 2.24) is 0 Å². The van der Waals surface area contributed by atoms with Gasteiger partial charge in [-0.1, -0.05) is 18.2 Å². The first-order valence-corrected chi connectivity index (χ1v) is 5.44. The molecule has 2 aromatic carbocycles. The van der Waals surface area contributed by atoms with Gasteiger partial charge in [-0.05, 0) is 36.2 Å². The highest BCUT2D eigenvalue weighted by Crippen LogP contribution is 2.23. The van der Waals surface area contributed by atoms with Crippen molar-refractivity contribution in [2.75, 3.05) is 0 Å². The minimum Gasteiger partial charge on any atom is -0.295 e. The van der Waals surface area contributed by atoms with Gasteiger partial charge in [0.25, 0.3) is 5.69 Å². The van der Waals surface area contributed by atoms with Crippen LogP contribution in [0.5, 0.6) is 0 Å². The molecule has 90 valence electrons. The molecular weight excluding hydrogens is 230 g/mol. The van der Waals surface area contributed by atoms with Gasteiger partial charge in [-0.15, -0.1) is 0 Å². The summed E-state index contributed by atoms with van der Waals surface area (Å²) in [6.07, 6.45) is 0. The molecular formula is C14H11NO3. The Balaban J connectivity index is 2.39. The Morgan fingerprint density at radius 2 is 1.72 bits per heavy atom. The van der Waals surface area contributed by atoms with Crippen LogP contribution < -0.4 is 0 Å². The van der Waals surface area contributed by atoms with E-state index in [4.69, 9.17) is 0 Å². The smallest absolute Gasteiger partial charge is 0.269 e. The zero-order valence-electron chi connectivity index (χ0n) is 9.79. The Morgan fingerprint density at radius 3 is 2.28 bits per heavy atom. The lowest BCUT2D eigenvalue weighted by atomic mass is 10.0. The molecule has 0 aliphatic carbocycles. The van der Waals surface area contributed by atoms with Crippen molar-refractivity contribution in [3.8, 4) is 11.1 Å². The van der Waals surface area contributed by atoms with Gasteiger partial charge in [0.2, 0.25) is 0 Å². The lowest BCUT2D eigenvalue weighted by Gasteiger charge is -2.03. The van der Waals surface area contributed by atoms with E-state index in [1.54, 1.807) is 30.3 Å². The molecule has 0 radical (unpaired) electrons. The van der Waals surface area contributed by atoms with Crippen molar-refractivity contribution in [2.45, 2.75) is 6.92 Å². The molecule has 0 aliphatic heterocycles. The molecule has 0 aliphatic rings. The molecule has 0 fully saturated rings. The van der Waals surface area contributed by atoms with Crippen LogP contribution in [-0.2, 0) is 0 Å². The molecule has 0 amide bonds. The number of nitrogens with zero attached hydrogens (tertiary/aromatic N) is 1. The number of Topliss-reactive ketones (excluding diaryl/α,β-unsaturated/α-hetero) is 1. The maximum Gasteiger partial charge on any atom is 0.269 e. The van der Waals surface area contributed by atoms with Gasteiger partial charge in [-0.2, -0.15) is 0 Å². The van der Waals surface area contributed by atoms with Crippen molar-refractivity contribution >= 4 is 11.5 Å². The fourth-order valence-electron chi connectivity index (χ4n) is 1.69. The molecule has 0 spiro atoms. The summed E-state index contributed by atoms with van der Waals surface area (Å²) in [5, 5.41) is 10.6. The third kappa shape index (κ3) is 2.43. The molecule has 0 N–H and O–H groups in total. The van der Waals surface area contributed by atoms with Crippen molar-refractivity contribution in [3.05, 3.63) is 64.2 Å². The molecule has 2 rings (SSSR count). The normalized spacial score (nSPS) is 10.1. The topological polar surface area (TPSA) is 60.2 Å². The number of benzene rings is 2. The van der Waals surface area contributed by atoms with Crippen molar-refractivity contribution in [3.63, 3.8) is 0 Å². The summed E-state index contributed by atoms with van der Waals surface area (Å²) in [7, 11) is 0. The number of nitro groups is 1. The molecule has 0 saturated heterocycles. The number of hydrogen-bond acceptors (Lipinski definition) is 3. The highest BCUT2D eigenvalue weighted by molar-refractivity contribution is 5.95. The van der Waals surface area contributed by atoms with Crippen molar-refractivity contribution in [1.29, 1.82) is 0 Å². The second-order valence-corrected chi connectivity index (χ2v) is 3.94. The molecule has 0 heterocycles. The van der Waals surface area contributed by atoms with Crippen LogP contribution in [-0.4, -0.2) is 10.7 Å². The summed E-state index contributed by atoms with van der Waals surface area (Å²) < 4.78 is 0. The fraction of sp³-hybridized carbons (Fsp3) is 0.0714. The minimum absolute atomic E-state index is 0.00115. The van der Waals surface area contributed by atoms with Gasteiger partial charge in [-0.3, -0.25) is 14.9 Å². The lowest BCUT2D eigenvalue weighted by molar-refractivity contribution is -0.384. The Kier molecular flexibility index (Phi) is 3.19. The van der Waals surface area contributed by atoms with Crippen LogP contribution in [0.1, 0.15) is 17.3 Å². The summed E-state index contributed by atoms with van der Waals surface area (Å²) >= 11 is 0. The van der Waals surface area contributed by atoms with Crippen molar-refractivity contribution in [2.24, 2.45) is 0 Å². The van der Waals surface area contributed by atoms with Gasteiger partial charge in [-0.25, -0.2) is 0 Å². The Hall–Kier alpha value is -2.49. The van der Waals surface area contributed by atoms with Crippen LogP contribution in [0.3, 0.4) is 0 Å². The summed E-state index contributed by atoms with van der Waals surface area (Å²) in [5.74, 6) is -0.00115. The van der Waals surface area contributed by atoms with E-state index in [-0.39, 0.29) is 11.5 Å². The summed E-state index contributed by atoms with van der Waals surface area (Å²) in [6.45, 7) is 1.51. The third-order valence-electron chi connectivity index (χ3n) is 2.68. The first-order valence-electron chi connectivity index (χ1n) is 5.44. The van der Waals surface area contributed by atoms with Crippen LogP contribution in [0.4, 0.5) is 5.69 Å². The molecule has 0 unspecified atom stereocenters. The van der Waals surface area contributed by atoms with E-state index in [0.29, 0.717) is 5.56 Å². The predicted molar refractivity (Wildman–Crippen MR) is 68.5 cm³/mol. The summed E-state index contributed by atoms with van der Waals surface area (Å²) in [6, 6.07) is 13.5. The quantitative estimate of drug-likeness (QED) is 0.469. The number of nitro benzene ring substituents is 1. The second-order valence-electron chi connectivity index (χ2n) is 3.94. The Bertz CT molecular complexity index is 603. The molecule has 0 atom stereocenters. The number of non-ortho nitro benzene ring substituents is 1. The van der Waals surface area contributed by atoms with Gasteiger partial charge in [0, 0.05) is 17.7 Å². The lowest BCUT2D eigenvalue weighted by Crippen LogP contribution is -1.92. The maximum atomic E-state index is 11.3. The van der Waals surface area contributed by atoms with E-state index in [1.165, 1.54) is 19.1 Å². The Morgan fingerprint density at radius 1 is 1.06 bits per heavy atom. The van der Waals surface area contributed by atoms with E-state index in [1.807, 2.05) is 6.07 Å². The highest BCUT2D eigenvalue weighted by Gasteiger charge is 2.06. The van der Waals surface area contributed by atoms with E-state index in [9.17, 15) is 14.9 Å². The molecule has 18 heavy (non-hydrogen) atoms. The number of carbonyl (C=O) groups excluding carboxylic acids is 1. The third-order valence-corrected chi connectivity index (χ3v) is 2.68.